The van der Waals surface area contributed by atoms with Gasteiger partial charge in [-0.15, -0.1) is 0 Å². The van der Waals surface area contributed by atoms with Gasteiger partial charge in [-0.2, -0.15) is 13.2 Å². The summed E-state index contributed by atoms with van der Waals surface area (Å²) in [4.78, 5) is 22.3. The number of nitrogens with one attached hydrogen (secondary N) is 1. The maximum Gasteiger partial charge on any atom is 0.418 e. The Morgan fingerprint density at radius 1 is 1.40 bits per heavy atom. The molecule has 0 spiro atoms. The predicted octanol–water partition coefficient (Wildman–Crippen LogP) is 2.12. The fraction of sp³-hybridized carbons (Fsp3) is 0.500. The van der Waals surface area contributed by atoms with Gasteiger partial charge >= 0.3 is 12.1 Å². The van der Waals surface area contributed by atoms with Crippen LogP contribution >= 0.6 is 0 Å². The average Bonchev–Trinajstić information content (AvgIpc) is 2.72. The second-order valence-corrected chi connectivity index (χ2v) is 4.44. The maximum absolute atomic E-state index is 12.6. The molecule has 112 valence electrons. The van der Waals surface area contributed by atoms with Gasteiger partial charge in [0.2, 0.25) is 5.91 Å². The largest absolute Gasteiger partial charge is 0.478 e. The number of carboxylic acids is 1. The molecule has 1 aromatic rings. The monoisotopic (exact) mass is 292 g/mol. The van der Waals surface area contributed by atoms with Crippen molar-refractivity contribution in [2.75, 3.05) is 0 Å². The topological polar surface area (TPSA) is 71.3 Å². The van der Waals surface area contributed by atoms with Gasteiger partial charge in [-0.1, -0.05) is 6.92 Å². The minimum atomic E-state index is -4.77. The standard InChI is InChI=1S/C12H15F3N2O3/c1-3-7(2)16-10(18)6-17-4-8(11(19)20)9(5-17)12(13,14)15/h4-5,7H,3,6H2,1-2H3,(H,16,18)(H,19,20). The molecule has 0 aliphatic rings. The lowest BCUT2D eigenvalue weighted by Gasteiger charge is -2.11. The van der Waals surface area contributed by atoms with Crippen LogP contribution in [0, 0.1) is 0 Å². The van der Waals surface area contributed by atoms with Gasteiger partial charge in [0.25, 0.3) is 0 Å². The van der Waals surface area contributed by atoms with Crippen molar-refractivity contribution in [3.8, 4) is 0 Å². The Morgan fingerprint density at radius 3 is 2.40 bits per heavy atom. The molecule has 0 aliphatic carbocycles. The second-order valence-electron chi connectivity index (χ2n) is 4.44. The highest BCUT2D eigenvalue weighted by Gasteiger charge is 2.37. The fourth-order valence-corrected chi connectivity index (χ4v) is 1.58. The number of hydrogen-bond acceptors (Lipinski definition) is 2. The van der Waals surface area contributed by atoms with E-state index in [0.29, 0.717) is 12.6 Å². The minimum Gasteiger partial charge on any atom is -0.478 e. The van der Waals surface area contributed by atoms with Crippen LogP contribution in [-0.4, -0.2) is 27.6 Å². The molecule has 0 saturated carbocycles. The van der Waals surface area contributed by atoms with Crippen LogP contribution in [0.15, 0.2) is 12.4 Å². The minimum absolute atomic E-state index is 0.0981. The SMILES string of the molecule is CCC(C)NC(=O)Cn1cc(C(=O)O)c(C(F)(F)F)c1. The lowest BCUT2D eigenvalue weighted by Crippen LogP contribution is -2.34. The second kappa shape index (κ2) is 5.98. The van der Waals surface area contributed by atoms with Crippen molar-refractivity contribution in [2.45, 2.75) is 39.0 Å². The first-order valence-corrected chi connectivity index (χ1v) is 5.94. The third-order valence-electron chi connectivity index (χ3n) is 2.76. The fourth-order valence-electron chi connectivity index (χ4n) is 1.58. The van der Waals surface area contributed by atoms with Gasteiger partial charge in [0.15, 0.2) is 0 Å². The summed E-state index contributed by atoms with van der Waals surface area (Å²) in [6.45, 7) is 3.25. The summed E-state index contributed by atoms with van der Waals surface area (Å²) in [7, 11) is 0. The van der Waals surface area contributed by atoms with Crippen molar-refractivity contribution in [2.24, 2.45) is 0 Å². The molecule has 0 aromatic carbocycles. The predicted molar refractivity (Wildman–Crippen MR) is 64.3 cm³/mol. The van der Waals surface area contributed by atoms with Gasteiger partial charge in [0.05, 0.1) is 11.1 Å². The Labute approximate surface area is 113 Å². The molecular weight excluding hydrogens is 277 g/mol. The van der Waals surface area contributed by atoms with Gasteiger partial charge in [0, 0.05) is 18.4 Å². The molecule has 1 rings (SSSR count). The van der Waals surface area contributed by atoms with Gasteiger partial charge in [-0.25, -0.2) is 4.79 Å². The van der Waals surface area contributed by atoms with E-state index in [1.165, 1.54) is 0 Å². The highest BCUT2D eigenvalue weighted by molar-refractivity contribution is 5.89. The van der Waals surface area contributed by atoms with Crippen LogP contribution in [0.5, 0.6) is 0 Å². The normalized spacial score (nSPS) is 13.1. The summed E-state index contributed by atoms with van der Waals surface area (Å²) in [5.74, 6) is -2.15. The lowest BCUT2D eigenvalue weighted by molar-refractivity contribution is -0.138. The van der Waals surface area contributed by atoms with E-state index in [9.17, 15) is 22.8 Å². The summed E-state index contributed by atoms with van der Waals surface area (Å²) in [5, 5.41) is 11.3. The number of alkyl halides is 3. The molecule has 1 amide bonds. The third kappa shape index (κ3) is 4.01. The molecule has 0 radical (unpaired) electrons. The number of nitrogens with zero attached hydrogens (tertiary/aromatic N) is 1. The molecule has 2 N–H and O–H groups in total. The Kier molecular flexibility index (Phi) is 4.80. The van der Waals surface area contributed by atoms with Gasteiger partial charge < -0.3 is 15.0 Å². The van der Waals surface area contributed by atoms with Crippen LogP contribution in [0.25, 0.3) is 0 Å². The summed E-state index contributed by atoms with van der Waals surface area (Å²) >= 11 is 0. The van der Waals surface area contributed by atoms with Crippen molar-refractivity contribution in [3.05, 3.63) is 23.5 Å². The number of carbonyl (C=O) groups is 2. The van der Waals surface area contributed by atoms with Gasteiger partial charge in [-0.3, -0.25) is 4.79 Å². The van der Waals surface area contributed by atoms with E-state index < -0.39 is 29.2 Å². The number of carboxylic acid groups (broad SMARTS) is 1. The third-order valence-corrected chi connectivity index (χ3v) is 2.76. The Morgan fingerprint density at radius 2 is 2.00 bits per heavy atom. The zero-order valence-electron chi connectivity index (χ0n) is 11.0. The number of aromatic nitrogens is 1. The van der Waals surface area contributed by atoms with E-state index in [0.717, 1.165) is 10.8 Å². The van der Waals surface area contributed by atoms with E-state index in [1.807, 2.05) is 6.92 Å². The van der Waals surface area contributed by atoms with E-state index in [2.05, 4.69) is 5.32 Å². The number of rotatable bonds is 5. The van der Waals surface area contributed by atoms with Crippen molar-refractivity contribution in [1.82, 2.24) is 9.88 Å². The highest BCUT2D eigenvalue weighted by atomic mass is 19.4. The number of aromatic carboxylic acids is 1. The molecule has 0 saturated heterocycles. The van der Waals surface area contributed by atoms with Gasteiger partial charge in [-0.05, 0) is 13.3 Å². The quantitative estimate of drug-likeness (QED) is 0.873. The van der Waals surface area contributed by atoms with E-state index in [4.69, 9.17) is 5.11 Å². The summed E-state index contributed by atoms with van der Waals surface area (Å²) in [5.41, 5.74) is -2.13. The zero-order valence-corrected chi connectivity index (χ0v) is 11.0. The maximum atomic E-state index is 12.6. The van der Waals surface area contributed by atoms with Crippen molar-refractivity contribution >= 4 is 11.9 Å². The van der Waals surface area contributed by atoms with Crippen molar-refractivity contribution < 1.29 is 27.9 Å². The Bertz CT molecular complexity index is 509. The summed E-state index contributed by atoms with van der Waals surface area (Å²) < 4.78 is 38.9. The van der Waals surface area contributed by atoms with E-state index >= 15 is 0 Å². The van der Waals surface area contributed by atoms with Gasteiger partial charge in [0.1, 0.15) is 6.54 Å². The first-order valence-electron chi connectivity index (χ1n) is 5.94. The number of halogens is 3. The molecule has 5 nitrogen and oxygen atoms in total. The molecular formula is C12H15F3N2O3. The molecule has 20 heavy (non-hydrogen) atoms. The Balaban J connectivity index is 2.93. The smallest absolute Gasteiger partial charge is 0.418 e. The highest BCUT2D eigenvalue weighted by Crippen LogP contribution is 2.32. The number of amides is 1. The summed E-state index contributed by atoms with van der Waals surface area (Å²) in [6.07, 6.45) is -2.65. The molecule has 1 atom stereocenters. The Hall–Kier alpha value is -1.99. The van der Waals surface area contributed by atoms with Crippen LogP contribution < -0.4 is 5.32 Å². The number of carbonyl (C=O) groups excluding carboxylic acids is 1. The molecule has 1 heterocycles. The van der Waals surface area contributed by atoms with E-state index in [-0.39, 0.29) is 12.6 Å². The first-order chi connectivity index (χ1) is 9.15. The molecule has 0 fully saturated rings. The van der Waals surface area contributed by atoms with Crippen LogP contribution in [0.1, 0.15) is 36.2 Å². The molecule has 0 aliphatic heterocycles. The molecule has 1 unspecified atom stereocenters. The summed E-state index contributed by atoms with van der Waals surface area (Å²) in [6, 6.07) is -0.0981. The lowest BCUT2D eigenvalue weighted by atomic mass is 10.2. The molecule has 0 bridgehead atoms. The van der Waals surface area contributed by atoms with Crippen LogP contribution in [-0.2, 0) is 17.5 Å². The van der Waals surface area contributed by atoms with Crippen molar-refractivity contribution in [1.29, 1.82) is 0 Å². The zero-order chi connectivity index (χ0) is 15.5. The number of hydrogen-bond donors (Lipinski definition) is 2. The molecule has 1 aromatic heterocycles. The molecule has 8 heteroatoms. The van der Waals surface area contributed by atoms with Crippen molar-refractivity contribution in [3.63, 3.8) is 0 Å². The first kappa shape index (κ1) is 16.1. The van der Waals surface area contributed by atoms with E-state index in [1.54, 1.807) is 6.92 Å². The van der Waals surface area contributed by atoms with Crippen LogP contribution in [0.2, 0.25) is 0 Å². The average molecular weight is 292 g/mol. The van der Waals surface area contributed by atoms with Crippen LogP contribution in [0.3, 0.4) is 0 Å². The van der Waals surface area contributed by atoms with Crippen LogP contribution in [0.4, 0.5) is 13.2 Å².